The van der Waals surface area contributed by atoms with Crippen LogP contribution in [0.4, 0.5) is 0 Å². The van der Waals surface area contributed by atoms with Gasteiger partial charge in [0.05, 0.1) is 18.1 Å². The van der Waals surface area contributed by atoms with E-state index in [2.05, 4.69) is 40.4 Å². The lowest BCUT2D eigenvalue weighted by Crippen LogP contribution is -2.62. The second kappa shape index (κ2) is 9.41. The Hall–Kier alpha value is -1.09. The van der Waals surface area contributed by atoms with Crippen molar-refractivity contribution >= 4 is 32.0 Å². The van der Waals surface area contributed by atoms with Crippen molar-refractivity contribution in [2.75, 3.05) is 13.2 Å². The zero-order valence-electron chi connectivity index (χ0n) is 19.7. The van der Waals surface area contributed by atoms with E-state index in [1.807, 2.05) is 6.92 Å². The Morgan fingerprint density at radius 2 is 2.10 bits per heavy atom. The molecule has 0 aromatic carbocycles. The molecule has 2 fully saturated rings. The number of carbonyl (C=O) groups is 2. The van der Waals surface area contributed by atoms with Gasteiger partial charge in [-0.15, -0.1) is 11.8 Å². The van der Waals surface area contributed by atoms with Crippen LogP contribution in [-0.4, -0.2) is 55.9 Å². The molecule has 6 nitrogen and oxygen atoms in total. The highest BCUT2D eigenvalue weighted by molar-refractivity contribution is 8.04. The summed E-state index contributed by atoms with van der Waals surface area (Å²) in [7, 11) is -2.01. The molecule has 1 amide bonds. The van der Waals surface area contributed by atoms with Crippen molar-refractivity contribution in [2.24, 2.45) is 5.92 Å². The molecule has 31 heavy (non-hydrogen) atoms. The van der Waals surface area contributed by atoms with Gasteiger partial charge in [-0.25, -0.2) is 4.79 Å². The molecule has 0 bridgehead atoms. The summed E-state index contributed by atoms with van der Waals surface area (Å²) >= 11 is 1.61. The highest BCUT2D eigenvalue weighted by Gasteiger charge is 2.59. The lowest BCUT2D eigenvalue weighted by molar-refractivity contribution is -0.157. The number of hydrogen-bond acceptors (Lipinski definition) is 6. The average Bonchev–Trinajstić information content (AvgIpc) is 2.99. The zero-order chi connectivity index (χ0) is 23.0. The fraction of sp³-hybridized carbons (Fsp3) is 0.739. The molecule has 3 heterocycles. The Morgan fingerprint density at radius 3 is 2.68 bits per heavy atom. The third-order valence-electron chi connectivity index (χ3n) is 6.86. The van der Waals surface area contributed by atoms with E-state index in [9.17, 15) is 9.59 Å². The third kappa shape index (κ3) is 4.97. The largest absolute Gasteiger partial charge is 0.457 e. The molecule has 0 aliphatic carbocycles. The fourth-order valence-electron chi connectivity index (χ4n) is 4.07. The number of nitrogens with zero attached hydrogens (tertiary/aromatic N) is 1. The first-order valence-electron chi connectivity index (χ1n) is 11.3. The molecule has 3 aliphatic rings. The van der Waals surface area contributed by atoms with Crippen LogP contribution in [-0.2, 0) is 23.5 Å². The van der Waals surface area contributed by atoms with Crippen LogP contribution in [0.2, 0.25) is 18.1 Å². The van der Waals surface area contributed by atoms with E-state index in [0.29, 0.717) is 12.1 Å². The Morgan fingerprint density at radius 1 is 1.39 bits per heavy atom. The van der Waals surface area contributed by atoms with Gasteiger partial charge in [-0.05, 0) is 44.3 Å². The van der Waals surface area contributed by atoms with Crippen LogP contribution in [0.1, 0.15) is 53.4 Å². The molecule has 0 N–H and O–H groups in total. The fourth-order valence-corrected chi connectivity index (χ4v) is 7.16. The second-order valence-electron chi connectivity index (χ2n) is 10.2. The Balaban J connectivity index is 1.77. The van der Waals surface area contributed by atoms with Crippen molar-refractivity contribution in [2.45, 2.75) is 89.1 Å². The maximum atomic E-state index is 13.2. The van der Waals surface area contributed by atoms with E-state index in [1.54, 1.807) is 16.7 Å². The molecule has 0 aromatic rings. The summed E-state index contributed by atoms with van der Waals surface area (Å²) in [5, 5.41) is -0.0464. The molecule has 4 atom stereocenters. The van der Waals surface area contributed by atoms with Crippen molar-refractivity contribution in [1.82, 2.24) is 4.90 Å². The molecule has 0 aromatic heterocycles. The van der Waals surface area contributed by atoms with E-state index in [1.165, 1.54) is 6.08 Å². The molecule has 2 saturated heterocycles. The van der Waals surface area contributed by atoms with Gasteiger partial charge in [-0.1, -0.05) is 33.4 Å². The summed E-state index contributed by atoms with van der Waals surface area (Å²) in [4.78, 5) is 28.6. The van der Waals surface area contributed by atoms with Crippen LogP contribution in [0.15, 0.2) is 23.3 Å². The number of β-lactam (4-membered cyclic amide) rings is 1. The maximum absolute atomic E-state index is 13.2. The van der Waals surface area contributed by atoms with Crippen LogP contribution in [0.5, 0.6) is 0 Å². The minimum Gasteiger partial charge on any atom is -0.457 e. The molecule has 174 valence electrons. The van der Waals surface area contributed by atoms with Gasteiger partial charge in [0.1, 0.15) is 17.7 Å². The minimum absolute atomic E-state index is 0.0474. The monoisotopic (exact) mass is 467 g/mol. The van der Waals surface area contributed by atoms with Crippen molar-refractivity contribution in [3.05, 3.63) is 23.3 Å². The summed E-state index contributed by atoms with van der Waals surface area (Å²) in [6, 6.07) is 0. The molecule has 8 heteroatoms. The molecular weight excluding hydrogens is 430 g/mol. The quantitative estimate of drug-likeness (QED) is 0.221. The van der Waals surface area contributed by atoms with Crippen LogP contribution in [0, 0.1) is 5.92 Å². The summed E-state index contributed by atoms with van der Waals surface area (Å²) in [5.41, 5.74) is 0.395. The zero-order valence-corrected chi connectivity index (χ0v) is 21.5. The van der Waals surface area contributed by atoms with E-state index in [0.717, 1.165) is 30.8 Å². The lowest BCUT2D eigenvalue weighted by Gasteiger charge is -2.48. The predicted octanol–water partition coefficient (Wildman–Crippen LogP) is 4.83. The standard InChI is InChI=1S/C23H37NO5SSi/c1-8-12-28-22(26)19-17(14-16-11-9-10-13-27-16)30-21-18(20(25)24(19)21)15(2)29-31(6,7)23(3,4)5/h8,15-16,18,21H,1,9-14H2,2-7H3/t15-,16?,18+,21-/m1/s1. The molecule has 0 spiro atoms. The highest BCUT2D eigenvalue weighted by atomic mass is 32.2. The number of amides is 1. The predicted molar refractivity (Wildman–Crippen MR) is 126 cm³/mol. The summed E-state index contributed by atoms with van der Waals surface area (Å²) in [6.07, 6.45) is 5.26. The summed E-state index contributed by atoms with van der Waals surface area (Å²) in [6.45, 7) is 17.5. The van der Waals surface area contributed by atoms with Crippen molar-refractivity contribution in [3.63, 3.8) is 0 Å². The summed E-state index contributed by atoms with van der Waals surface area (Å²) < 4.78 is 17.8. The summed E-state index contributed by atoms with van der Waals surface area (Å²) in [5.74, 6) is -0.759. The molecule has 3 rings (SSSR count). The van der Waals surface area contributed by atoms with Crippen LogP contribution in [0.25, 0.3) is 0 Å². The molecular formula is C23H37NO5SSi. The van der Waals surface area contributed by atoms with E-state index >= 15 is 0 Å². The smallest absolute Gasteiger partial charge is 0.356 e. The Kier molecular flexibility index (Phi) is 7.45. The first kappa shape index (κ1) is 24.5. The Bertz CT molecular complexity index is 754. The number of thioether (sulfide) groups is 1. The van der Waals surface area contributed by atoms with Gasteiger partial charge >= 0.3 is 5.97 Å². The van der Waals surface area contributed by atoms with Crippen molar-refractivity contribution < 1.29 is 23.5 Å². The number of ether oxygens (including phenoxy) is 2. The van der Waals surface area contributed by atoms with Crippen LogP contribution in [0.3, 0.4) is 0 Å². The number of rotatable bonds is 8. The van der Waals surface area contributed by atoms with Crippen molar-refractivity contribution in [1.29, 1.82) is 0 Å². The van der Waals surface area contributed by atoms with Gasteiger partial charge in [0.2, 0.25) is 5.91 Å². The van der Waals surface area contributed by atoms with Crippen LogP contribution < -0.4 is 0 Å². The van der Waals surface area contributed by atoms with Gasteiger partial charge in [-0.2, -0.15) is 0 Å². The normalized spacial score (nSPS) is 27.6. The minimum atomic E-state index is -2.01. The number of esters is 1. The topological polar surface area (TPSA) is 65.1 Å². The lowest BCUT2D eigenvalue weighted by atomic mass is 9.92. The molecule has 1 unspecified atom stereocenters. The van der Waals surface area contributed by atoms with E-state index in [-0.39, 0.29) is 41.1 Å². The Labute approximate surface area is 191 Å². The van der Waals surface area contributed by atoms with E-state index < -0.39 is 14.3 Å². The number of fused-ring (bicyclic) bond motifs is 1. The first-order chi connectivity index (χ1) is 14.5. The number of hydrogen-bond donors (Lipinski definition) is 0. The second-order valence-corrected chi connectivity index (χ2v) is 16.1. The van der Waals surface area contributed by atoms with Gasteiger partial charge < -0.3 is 13.9 Å². The highest BCUT2D eigenvalue weighted by Crippen LogP contribution is 2.53. The van der Waals surface area contributed by atoms with E-state index in [4.69, 9.17) is 13.9 Å². The van der Waals surface area contributed by atoms with Gasteiger partial charge in [0, 0.05) is 17.9 Å². The average molecular weight is 468 g/mol. The van der Waals surface area contributed by atoms with Gasteiger partial charge in [0.25, 0.3) is 0 Å². The van der Waals surface area contributed by atoms with Crippen LogP contribution >= 0.6 is 11.8 Å². The van der Waals surface area contributed by atoms with Gasteiger partial charge in [-0.3, -0.25) is 9.69 Å². The maximum Gasteiger partial charge on any atom is 0.356 e. The first-order valence-corrected chi connectivity index (χ1v) is 15.1. The molecule has 3 aliphatic heterocycles. The molecule has 0 radical (unpaired) electrons. The molecule has 0 saturated carbocycles. The SMILES string of the molecule is C=CCOC(=O)C1=C(CC2CCCCO2)S[C@@H]2[C@@H]([C@@H](C)O[Si](C)(C)C(C)(C)C)C(=O)N12. The van der Waals surface area contributed by atoms with Crippen molar-refractivity contribution in [3.8, 4) is 0 Å². The third-order valence-corrected chi connectivity index (χ3v) is 12.8. The number of carbonyl (C=O) groups excluding carboxylic acids is 2. The van der Waals surface area contributed by atoms with Gasteiger partial charge in [0.15, 0.2) is 8.32 Å².